The quantitative estimate of drug-likeness (QED) is 0.829. The number of anilines is 1. The van der Waals surface area contributed by atoms with Gasteiger partial charge in [0, 0.05) is 5.02 Å². The SMILES string of the molecule is CC(C)[C@@H](C(=O)Nc1ccc(Cl)cc1F)N1C(=O)c2ccccc2C1=O. The molecule has 0 radical (unpaired) electrons. The molecule has 0 saturated carbocycles. The molecule has 1 heterocycles. The highest BCUT2D eigenvalue weighted by Gasteiger charge is 2.43. The average Bonchev–Trinajstić information content (AvgIpc) is 2.83. The van der Waals surface area contributed by atoms with E-state index in [4.69, 9.17) is 11.6 Å². The van der Waals surface area contributed by atoms with Crippen LogP contribution in [0.15, 0.2) is 42.5 Å². The van der Waals surface area contributed by atoms with Crippen LogP contribution in [0.5, 0.6) is 0 Å². The molecule has 0 spiro atoms. The van der Waals surface area contributed by atoms with Crippen molar-refractivity contribution in [2.24, 2.45) is 5.92 Å². The third kappa shape index (κ3) is 3.08. The summed E-state index contributed by atoms with van der Waals surface area (Å²) in [6.07, 6.45) is 0. The van der Waals surface area contributed by atoms with E-state index in [1.807, 2.05) is 0 Å². The average molecular weight is 375 g/mol. The highest BCUT2D eigenvalue weighted by Crippen LogP contribution is 2.28. The summed E-state index contributed by atoms with van der Waals surface area (Å²) in [5, 5.41) is 2.64. The van der Waals surface area contributed by atoms with Crippen molar-refractivity contribution in [1.82, 2.24) is 4.90 Å². The van der Waals surface area contributed by atoms with E-state index in [-0.39, 0.29) is 27.8 Å². The lowest BCUT2D eigenvalue weighted by Crippen LogP contribution is -2.50. The molecule has 3 rings (SSSR count). The number of amides is 3. The molecule has 1 aliphatic heterocycles. The number of nitrogens with one attached hydrogen (secondary N) is 1. The molecule has 3 amide bonds. The predicted octanol–water partition coefficient (Wildman–Crippen LogP) is 3.74. The Labute approximate surface area is 154 Å². The molecule has 2 aromatic carbocycles. The Morgan fingerprint density at radius 2 is 1.65 bits per heavy atom. The Morgan fingerprint density at radius 3 is 2.15 bits per heavy atom. The van der Waals surface area contributed by atoms with E-state index in [0.717, 1.165) is 11.0 Å². The number of rotatable bonds is 4. The summed E-state index contributed by atoms with van der Waals surface area (Å²) in [4.78, 5) is 39.0. The van der Waals surface area contributed by atoms with E-state index in [1.165, 1.54) is 12.1 Å². The lowest BCUT2D eigenvalue weighted by atomic mass is 10.0. The van der Waals surface area contributed by atoms with Gasteiger partial charge in [0.1, 0.15) is 11.9 Å². The zero-order chi connectivity index (χ0) is 19.0. The molecule has 0 bridgehead atoms. The van der Waals surface area contributed by atoms with Gasteiger partial charge in [-0.05, 0) is 36.2 Å². The van der Waals surface area contributed by atoms with E-state index < -0.39 is 29.6 Å². The van der Waals surface area contributed by atoms with E-state index in [9.17, 15) is 18.8 Å². The van der Waals surface area contributed by atoms with Gasteiger partial charge in [-0.15, -0.1) is 0 Å². The third-order valence-corrected chi connectivity index (χ3v) is 4.43. The normalized spacial score (nSPS) is 14.6. The highest BCUT2D eigenvalue weighted by atomic mass is 35.5. The lowest BCUT2D eigenvalue weighted by molar-refractivity contribution is -0.121. The van der Waals surface area contributed by atoms with E-state index in [0.29, 0.717) is 0 Å². The van der Waals surface area contributed by atoms with E-state index in [1.54, 1.807) is 38.1 Å². The van der Waals surface area contributed by atoms with Gasteiger partial charge in [-0.3, -0.25) is 19.3 Å². The van der Waals surface area contributed by atoms with Crippen molar-refractivity contribution in [2.75, 3.05) is 5.32 Å². The Bertz CT molecular complexity index is 878. The number of hydrogen-bond donors (Lipinski definition) is 1. The second kappa shape index (κ2) is 6.88. The Hall–Kier alpha value is -2.73. The van der Waals surface area contributed by atoms with Crippen molar-refractivity contribution in [3.8, 4) is 0 Å². The van der Waals surface area contributed by atoms with Crippen molar-refractivity contribution in [3.05, 3.63) is 64.4 Å². The summed E-state index contributed by atoms with van der Waals surface area (Å²) >= 11 is 5.71. The highest BCUT2D eigenvalue weighted by molar-refractivity contribution is 6.30. The summed E-state index contributed by atoms with van der Waals surface area (Å²) in [7, 11) is 0. The molecule has 1 aliphatic rings. The molecule has 0 aromatic heterocycles. The number of carbonyl (C=O) groups excluding carboxylic acids is 3. The van der Waals surface area contributed by atoms with E-state index in [2.05, 4.69) is 5.32 Å². The first kappa shape index (κ1) is 18.1. The van der Waals surface area contributed by atoms with Crippen LogP contribution in [0.1, 0.15) is 34.6 Å². The second-order valence-corrected chi connectivity index (χ2v) is 6.76. The molecule has 0 fully saturated rings. The van der Waals surface area contributed by atoms with Crippen LogP contribution in [0.25, 0.3) is 0 Å². The van der Waals surface area contributed by atoms with Crippen LogP contribution >= 0.6 is 11.6 Å². The molecular weight excluding hydrogens is 359 g/mol. The standard InChI is InChI=1S/C19H16ClFN2O3/c1-10(2)16(17(24)22-15-8-7-11(20)9-14(15)21)23-18(25)12-5-3-4-6-13(12)19(23)26/h3-10,16H,1-2H3,(H,22,24)/t16-/m0/s1. The van der Waals surface area contributed by atoms with Crippen LogP contribution in [-0.2, 0) is 4.79 Å². The van der Waals surface area contributed by atoms with Gasteiger partial charge in [0.25, 0.3) is 11.8 Å². The van der Waals surface area contributed by atoms with Crippen LogP contribution in [-0.4, -0.2) is 28.7 Å². The van der Waals surface area contributed by atoms with Crippen molar-refractivity contribution in [1.29, 1.82) is 0 Å². The van der Waals surface area contributed by atoms with Crippen molar-refractivity contribution in [3.63, 3.8) is 0 Å². The van der Waals surface area contributed by atoms with Gasteiger partial charge in [0.2, 0.25) is 5.91 Å². The molecular formula is C19H16ClFN2O3. The van der Waals surface area contributed by atoms with Crippen molar-refractivity contribution >= 4 is 35.0 Å². The maximum atomic E-state index is 14.0. The van der Waals surface area contributed by atoms with Crippen LogP contribution in [0.3, 0.4) is 0 Å². The fourth-order valence-electron chi connectivity index (χ4n) is 2.98. The first-order chi connectivity index (χ1) is 12.3. The van der Waals surface area contributed by atoms with Crippen molar-refractivity contribution < 1.29 is 18.8 Å². The zero-order valence-corrected chi connectivity index (χ0v) is 14.9. The van der Waals surface area contributed by atoms with Crippen LogP contribution in [0.4, 0.5) is 10.1 Å². The minimum atomic E-state index is -1.07. The first-order valence-electron chi connectivity index (χ1n) is 8.04. The minimum absolute atomic E-state index is 0.0679. The van der Waals surface area contributed by atoms with Gasteiger partial charge >= 0.3 is 0 Å². The number of hydrogen-bond acceptors (Lipinski definition) is 3. The van der Waals surface area contributed by atoms with Gasteiger partial charge < -0.3 is 5.32 Å². The maximum absolute atomic E-state index is 14.0. The van der Waals surface area contributed by atoms with Crippen LogP contribution in [0, 0.1) is 11.7 Å². The van der Waals surface area contributed by atoms with Crippen LogP contribution in [0.2, 0.25) is 5.02 Å². The Kier molecular flexibility index (Phi) is 4.78. The molecule has 0 unspecified atom stereocenters. The summed E-state index contributed by atoms with van der Waals surface area (Å²) in [6.45, 7) is 3.43. The molecule has 134 valence electrons. The molecule has 2 aromatic rings. The number of carbonyl (C=O) groups is 3. The summed E-state index contributed by atoms with van der Waals surface area (Å²) in [5.41, 5.74) is 0.448. The Balaban J connectivity index is 1.92. The number of nitrogens with zero attached hydrogens (tertiary/aromatic N) is 1. The fourth-order valence-corrected chi connectivity index (χ4v) is 3.13. The molecule has 5 nitrogen and oxygen atoms in total. The van der Waals surface area contributed by atoms with Gasteiger partial charge in [0.05, 0.1) is 16.8 Å². The smallest absolute Gasteiger partial charge is 0.262 e. The molecule has 0 aliphatic carbocycles. The largest absolute Gasteiger partial charge is 0.322 e. The van der Waals surface area contributed by atoms with Crippen LogP contribution < -0.4 is 5.32 Å². The number of imide groups is 1. The third-order valence-electron chi connectivity index (χ3n) is 4.19. The van der Waals surface area contributed by atoms with Gasteiger partial charge in [-0.1, -0.05) is 37.6 Å². The Morgan fingerprint density at radius 1 is 1.08 bits per heavy atom. The summed E-state index contributed by atoms with van der Waals surface area (Å²) < 4.78 is 14.0. The zero-order valence-electron chi connectivity index (χ0n) is 14.1. The van der Waals surface area contributed by atoms with Gasteiger partial charge in [0.15, 0.2) is 0 Å². The van der Waals surface area contributed by atoms with E-state index >= 15 is 0 Å². The fraction of sp³-hybridized carbons (Fsp3) is 0.211. The first-order valence-corrected chi connectivity index (χ1v) is 8.42. The molecule has 26 heavy (non-hydrogen) atoms. The predicted molar refractivity (Wildman–Crippen MR) is 95.6 cm³/mol. The monoisotopic (exact) mass is 374 g/mol. The number of halogens is 2. The molecule has 1 atom stereocenters. The topological polar surface area (TPSA) is 66.5 Å². The number of benzene rings is 2. The minimum Gasteiger partial charge on any atom is -0.322 e. The molecule has 7 heteroatoms. The summed E-state index contributed by atoms with van der Waals surface area (Å²) in [6, 6.07) is 9.17. The second-order valence-electron chi connectivity index (χ2n) is 6.33. The van der Waals surface area contributed by atoms with Gasteiger partial charge in [-0.25, -0.2) is 4.39 Å². The number of fused-ring (bicyclic) bond motifs is 1. The summed E-state index contributed by atoms with van der Waals surface area (Å²) in [5.74, 6) is -2.77. The molecule has 0 saturated heterocycles. The maximum Gasteiger partial charge on any atom is 0.262 e. The molecule has 1 N–H and O–H groups in total. The van der Waals surface area contributed by atoms with Gasteiger partial charge in [-0.2, -0.15) is 0 Å². The lowest BCUT2D eigenvalue weighted by Gasteiger charge is -2.28. The van der Waals surface area contributed by atoms with Crippen molar-refractivity contribution in [2.45, 2.75) is 19.9 Å².